The molecule has 0 aromatic carbocycles. The van der Waals surface area contributed by atoms with E-state index < -0.39 is 0 Å². The smallest absolute Gasteiger partial charge is 0.223 e. The molecule has 2 rings (SSSR count). The van der Waals surface area contributed by atoms with Gasteiger partial charge >= 0.3 is 0 Å². The molecule has 0 radical (unpaired) electrons. The van der Waals surface area contributed by atoms with E-state index in [1.54, 1.807) is 0 Å². The van der Waals surface area contributed by atoms with Crippen molar-refractivity contribution in [3.05, 3.63) is 0 Å². The number of rotatable bonds is 1. The molecular weight excluding hydrogens is 200 g/mol. The van der Waals surface area contributed by atoms with Gasteiger partial charge in [-0.15, -0.1) is 0 Å². The van der Waals surface area contributed by atoms with Gasteiger partial charge in [-0.2, -0.15) is 0 Å². The molecule has 0 aliphatic carbocycles. The second-order valence-corrected chi connectivity index (χ2v) is 6.50. The van der Waals surface area contributed by atoms with Gasteiger partial charge in [0.1, 0.15) is 0 Å². The van der Waals surface area contributed by atoms with Crippen LogP contribution in [0.3, 0.4) is 0 Å². The zero-order valence-electron chi connectivity index (χ0n) is 10.8. The Morgan fingerprint density at radius 3 is 2.62 bits per heavy atom. The summed E-state index contributed by atoms with van der Waals surface area (Å²) in [6, 6.07) is 1.22. The Kier molecular flexibility index (Phi) is 3.24. The van der Waals surface area contributed by atoms with E-state index in [2.05, 4.69) is 31.0 Å². The summed E-state index contributed by atoms with van der Waals surface area (Å²) in [7, 11) is 0. The van der Waals surface area contributed by atoms with Crippen LogP contribution in [0.15, 0.2) is 0 Å². The highest BCUT2D eigenvalue weighted by Gasteiger charge is 2.31. The maximum atomic E-state index is 12.1. The zero-order valence-corrected chi connectivity index (χ0v) is 10.8. The van der Waals surface area contributed by atoms with Crippen LogP contribution in [-0.4, -0.2) is 36.0 Å². The molecule has 92 valence electrons. The SMILES string of the molecule is CC(C)(C)CC(=O)N1CCC2CCC(C1)N2. The van der Waals surface area contributed by atoms with Crippen molar-refractivity contribution >= 4 is 5.91 Å². The lowest BCUT2D eigenvalue weighted by atomic mass is 9.91. The Balaban J connectivity index is 1.92. The molecule has 2 bridgehead atoms. The first kappa shape index (κ1) is 11.9. The van der Waals surface area contributed by atoms with Crippen LogP contribution in [0.5, 0.6) is 0 Å². The van der Waals surface area contributed by atoms with Crippen LogP contribution in [0.2, 0.25) is 0 Å². The zero-order chi connectivity index (χ0) is 11.8. The van der Waals surface area contributed by atoms with Crippen LogP contribution < -0.4 is 5.32 Å². The summed E-state index contributed by atoms with van der Waals surface area (Å²) in [5.74, 6) is 0.335. The Labute approximate surface area is 98.6 Å². The molecular formula is C13H24N2O. The summed E-state index contributed by atoms with van der Waals surface area (Å²) in [5.41, 5.74) is 0.107. The minimum Gasteiger partial charge on any atom is -0.341 e. The first-order valence-corrected chi connectivity index (χ1v) is 6.48. The monoisotopic (exact) mass is 224 g/mol. The molecule has 2 saturated heterocycles. The largest absolute Gasteiger partial charge is 0.341 e. The van der Waals surface area contributed by atoms with Gasteiger partial charge in [0.05, 0.1) is 0 Å². The Morgan fingerprint density at radius 2 is 1.94 bits per heavy atom. The van der Waals surface area contributed by atoms with Crippen molar-refractivity contribution in [2.75, 3.05) is 13.1 Å². The molecule has 1 amide bonds. The van der Waals surface area contributed by atoms with E-state index in [0.29, 0.717) is 24.4 Å². The van der Waals surface area contributed by atoms with Crippen LogP contribution in [0.1, 0.15) is 46.5 Å². The van der Waals surface area contributed by atoms with Crippen molar-refractivity contribution in [2.45, 2.75) is 58.5 Å². The number of hydrogen-bond donors (Lipinski definition) is 1. The minimum absolute atomic E-state index is 0.107. The van der Waals surface area contributed by atoms with Gasteiger partial charge in [0.25, 0.3) is 0 Å². The van der Waals surface area contributed by atoms with Crippen molar-refractivity contribution in [1.29, 1.82) is 0 Å². The number of carbonyl (C=O) groups excluding carboxylic acids is 1. The van der Waals surface area contributed by atoms with Crippen LogP contribution in [0.25, 0.3) is 0 Å². The fourth-order valence-electron chi connectivity index (χ4n) is 2.74. The summed E-state index contributed by atoms with van der Waals surface area (Å²) < 4.78 is 0. The molecule has 0 aromatic rings. The Morgan fingerprint density at radius 1 is 1.25 bits per heavy atom. The summed E-state index contributed by atoms with van der Waals surface area (Å²) >= 11 is 0. The average molecular weight is 224 g/mol. The van der Waals surface area contributed by atoms with Gasteiger partial charge in [-0.05, 0) is 24.7 Å². The van der Waals surface area contributed by atoms with E-state index in [4.69, 9.17) is 0 Å². The first-order chi connectivity index (χ1) is 7.44. The van der Waals surface area contributed by atoms with Gasteiger partial charge in [0.15, 0.2) is 0 Å². The summed E-state index contributed by atoms with van der Waals surface area (Å²) in [4.78, 5) is 14.2. The van der Waals surface area contributed by atoms with Crippen molar-refractivity contribution in [3.8, 4) is 0 Å². The highest BCUT2D eigenvalue weighted by atomic mass is 16.2. The highest BCUT2D eigenvalue weighted by Crippen LogP contribution is 2.24. The normalized spacial score (nSPS) is 30.3. The summed E-state index contributed by atoms with van der Waals surface area (Å²) in [6.45, 7) is 8.27. The Hall–Kier alpha value is -0.570. The summed E-state index contributed by atoms with van der Waals surface area (Å²) in [6.07, 6.45) is 4.34. The number of amides is 1. The molecule has 2 unspecified atom stereocenters. The van der Waals surface area contributed by atoms with Crippen LogP contribution in [0, 0.1) is 5.41 Å². The van der Waals surface area contributed by atoms with E-state index >= 15 is 0 Å². The number of carbonyl (C=O) groups is 1. The van der Waals surface area contributed by atoms with E-state index in [1.165, 1.54) is 12.8 Å². The topological polar surface area (TPSA) is 32.3 Å². The third-order valence-corrected chi connectivity index (χ3v) is 3.56. The minimum atomic E-state index is 0.107. The number of hydrogen-bond acceptors (Lipinski definition) is 2. The third kappa shape index (κ3) is 2.97. The summed E-state index contributed by atoms with van der Waals surface area (Å²) in [5, 5.41) is 3.61. The predicted molar refractivity (Wildman–Crippen MR) is 65.2 cm³/mol. The fourth-order valence-corrected chi connectivity index (χ4v) is 2.74. The molecule has 2 atom stereocenters. The maximum Gasteiger partial charge on any atom is 0.223 e. The van der Waals surface area contributed by atoms with Crippen molar-refractivity contribution < 1.29 is 4.79 Å². The lowest BCUT2D eigenvalue weighted by molar-refractivity contribution is -0.133. The van der Waals surface area contributed by atoms with E-state index in [0.717, 1.165) is 19.5 Å². The standard InChI is InChI=1S/C13H24N2O/c1-13(2,3)8-12(16)15-7-6-10-4-5-11(9-15)14-10/h10-11,14H,4-9H2,1-3H3. The molecule has 0 aromatic heterocycles. The van der Waals surface area contributed by atoms with Crippen LogP contribution >= 0.6 is 0 Å². The van der Waals surface area contributed by atoms with Gasteiger partial charge in [0.2, 0.25) is 5.91 Å². The van der Waals surface area contributed by atoms with Gasteiger partial charge in [0, 0.05) is 31.6 Å². The molecule has 3 heteroatoms. The second kappa shape index (κ2) is 4.36. The number of fused-ring (bicyclic) bond motifs is 2. The lowest BCUT2D eigenvalue weighted by Gasteiger charge is -2.27. The second-order valence-electron chi connectivity index (χ2n) is 6.50. The molecule has 2 aliphatic rings. The van der Waals surface area contributed by atoms with E-state index in [-0.39, 0.29) is 5.41 Å². The first-order valence-electron chi connectivity index (χ1n) is 6.48. The van der Waals surface area contributed by atoms with Crippen LogP contribution in [0.4, 0.5) is 0 Å². The molecule has 2 heterocycles. The van der Waals surface area contributed by atoms with E-state index in [9.17, 15) is 4.79 Å². The predicted octanol–water partition coefficient (Wildman–Crippen LogP) is 1.78. The number of nitrogens with zero attached hydrogens (tertiary/aromatic N) is 1. The molecule has 3 nitrogen and oxygen atoms in total. The molecule has 0 spiro atoms. The van der Waals surface area contributed by atoms with Gasteiger partial charge in [-0.1, -0.05) is 20.8 Å². The van der Waals surface area contributed by atoms with Gasteiger partial charge in [-0.25, -0.2) is 0 Å². The lowest BCUT2D eigenvalue weighted by Crippen LogP contribution is -2.40. The Bertz CT molecular complexity index is 270. The highest BCUT2D eigenvalue weighted by molar-refractivity contribution is 5.76. The molecule has 1 N–H and O–H groups in total. The van der Waals surface area contributed by atoms with Crippen molar-refractivity contribution in [3.63, 3.8) is 0 Å². The molecule has 0 saturated carbocycles. The number of nitrogens with one attached hydrogen (secondary N) is 1. The van der Waals surface area contributed by atoms with Crippen molar-refractivity contribution in [2.24, 2.45) is 5.41 Å². The third-order valence-electron chi connectivity index (χ3n) is 3.56. The molecule has 2 aliphatic heterocycles. The molecule has 16 heavy (non-hydrogen) atoms. The number of likely N-dealkylation sites (tertiary alicyclic amines) is 1. The van der Waals surface area contributed by atoms with Crippen molar-refractivity contribution in [1.82, 2.24) is 10.2 Å². The fraction of sp³-hybridized carbons (Fsp3) is 0.923. The quantitative estimate of drug-likeness (QED) is 0.736. The molecule has 2 fully saturated rings. The average Bonchev–Trinajstić information content (AvgIpc) is 2.42. The van der Waals surface area contributed by atoms with Gasteiger partial charge < -0.3 is 10.2 Å². The van der Waals surface area contributed by atoms with Gasteiger partial charge in [-0.3, -0.25) is 4.79 Å². The van der Waals surface area contributed by atoms with E-state index in [1.807, 2.05) is 0 Å². The van der Waals surface area contributed by atoms with Crippen LogP contribution in [-0.2, 0) is 4.79 Å². The maximum absolute atomic E-state index is 12.1.